The predicted octanol–water partition coefficient (Wildman–Crippen LogP) is 0.859. The van der Waals surface area contributed by atoms with E-state index in [0.717, 1.165) is 43.8 Å². The Morgan fingerprint density at radius 2 is 1.94 bits per heavy atom. The second-order valence-corrected chi connectivity index (χ2v) is 5.80. The molecule has 1 fully saturated rings. The normalized spacial score (nSPS) is 29.2. The molecule has 5 heteroatoms. The quantitative estimate of drug-likeness (QED) is 0.863. The van der Waals surface area contributed by atoms with E-state index in [1.165, 1.54) is 32.2 Å². The van der Waals surface area contributed by atoms with Crippen LogP contribution in [0.5, 0.6) is 0 Å². The first-order valence-corrected chi connectivity index (χ1v) is 7.14. The van der Waals surface area contributed by atoms with Crippen LogP contribution in [-0.4, -0.2) is 39.3 Å². The van der Waals surface area contributed by atoms with Gasteiger partial charge in [0, 0.05) is 19.6 Å². The molecule has 1 aliphatic carbocycles. The van der Waals surface area contributed by atoms with Crippen molar-refractivity contribution < 1.29 is 0 Å². The number of rotatable bonds is 3. The second-order valence-electron chi connectivity index (χ2n) is 5.80. The van der Waals surface area contributed by atoms with Gasteiger partial charge in [-0.05, 0) is 44.1 Å². The summed E-state index contributed by atoms with van der Waals surface area (Å²) < 4.78 is 2.17. The summed E-state index contributed by atoms with van der Waals surface area (Å²) in [5, 5.41) is 8.16. The van der Waals surface area contributed by atoms with Crippen molar-refractivity contribution in [2.24, 2.45) is 17.6 Å². The maximum absolute atomic E-state index is 5.75. The molecule has 0 radical (unpaired) electrons. The minimum Gasteiger partial charge on any atom is -0.330 e. The number of fused-ring (bicyclic) bond motifs is 1. The molecule has 2 N–H and O–H groups in total. The van der Waals surface area contributed by atoms with Crippen molar-refractivity contribution in [3.8, 4) is 0 Å². The molecule has 0 aromatic carbocycles. The molecule has 3 rings (SSSR count). The van der Waals surface area contributed by atoms with E-state index in [0.29, 0.717) is 0 Å². The van der Waals surface area contributed by atoms with Crippen LogP contribution in [0, 0.1) is 11.8 Å². The van der Waals surface area contributed by atoms with Crippen LogP contribution >= 0.6 is 0 Å². The Morgan fingerprint density at radius 1 is 1.17 bits per heavy atom. The zero-order chi connectivity index (χ0) is 12.4. The molecule has 1 aliphatic heterocycles. The van der Waals surface area contributed by atoms with Gasteiger partial charge in [-0.2, -0.15) is 0 Å². The lowest BCUT2D eigenvalue weighted by molar-refractivity contribution is 0.152. The fourth-order valence-corrected chi connectivity index (χ4v) is 3.29. The van der Waals surface area contributed by atoms with Gasteiger partial charge in [-0.1, -0.05) is 0 Å². The largest absolute Gasteiger partial charge is 0.330 e. The van der Waals surface area contributed by atoms with Gasteiger partial charge in [0.05, 0.1) is 6.54 Å². The Labute approximate surface area is 108 Å². The first kappa shape index (κ1) is 12.1. The Bertz CT molecular complexity index is 380. The van der Waals surface area contributed by atoms with Crippen LogP contribution < -0.4 is 5.73 Å². The Hall–Kier alpha value is -0.940. The van der Waals surface area contributed by atoms with Gasteiger partial charge in [0.25, 0.3) is 0 Å². The Kier molecular flexibility index (Phi) is 3.61. The van der Waals surface area contributed by atoms with Gasteiger partial charge in [-0.3, -0.25) is 4.90 Å². The fourth-order valence-electron chi connectivity index (χ4n) is 3.29. The van der Waals surface area contributed by atoms with Crippen molar-refractivity contribution >= 4 is 0 Å². The molecule has 0 bridgehead atoms. The minimum absolute atomic E-state index is 0.783. The molecule has 1 aromatic heterocycles. The highest BCUT2D eigenvalue weighted by Gasteiger charge is 2.24. The van der Waals surface area contributed by atoms with E-state index in [2.05, 4.69) is 19.7 Å². The van der Waals surface area contributed by atoms with Gasteiger partial charge in [0.2, 0.25) is 0 Å². The van der Waals surface area contributed by atoms with E-state index < -0.39 is 0 Å². The van der Waals surface area contributed by atoms with Gasteiger partial charge >= 0.3 is 0 Å². The highest BCUT2D eigenvalue weighted by molar-refractivity contribution is 4.90. The predicted molar refractivity (Wildman–Crippen MR) is 69.8 cm³/mol. The standard InChI is InChI=1S/C13H23N5/c14-7-11-1-3-12(4-2-11)8-17-5-6-18-10-15-16-13(18)9-17/h10-12H,1-9,14H2. The number of aromatic nitrogens is 3. The summed E-state index contributed by atoms with van der Waals surface area (Å²) in [5.41, 5.74) is 5.75. The van der Waals surface area contributed by atoms with E-state index in [9.17, 15) is 0 Å². The number of hydrogen-bond acceptors (Lipinski definition) is 4. The molecule has 0 spiro atoms. The third-order valence-electron chi connectivity index (χ3n) is 4.53. The molecule has 0 amide bonds. The summed E-state index contributed by atoms with van der Waals surface area (Å²) >= 11 is 0. The topological polar surface area (TPSA) is 60.0 Å². The third kappa shape index (κ3) is 2.57. The van der Waals surface area contributed by atoms with Crippen LogP contribution in [0.2, 0.25) is 0 Å². The molecule has 1 aromatic rings. The molecule has 2 heterocycles. The Balaban J connectivity index is 1.50. The van der Waals surface area contributed by atoms with Crippen LogP contribution in [-0.2, 0) is 13.1 Å². The van der Waals surface area contributed by atoms with Gasteiger partial charge in [0.1, 0.15) is 12.2 Å². The highest BCUT2D eigenvalue weighted by atomic mass is 15.3. The van der Waals surface area contributed by atoms with Crippen molar-refractivity contribution in [3.05, 3.63) is 12.2 Å². The van der Waals surface area contributed by atoms with Gasteiger partial charge in [-0.25, -0.2) is 0 Å². The lowest BCUT2D eigenvalue weighted by Crippen LogP contribution is -2.38. The SMILES string of the molecule is NCC1CCC(CN2CCn3cnnc3C2)CC1. The zero-order valence-electron chi connectivity index (χ0n) is 11.0. The zero-order valence-corrected chi connectivity index (χ0v) is 11.0. The van der Waals surface area contributed by atoms with Crippen LogP contribution in [0.4, 0.5) is 0 Å². The summed E-state index contributed by atoms with van der Waals surface area (Å²) in [7, 11) is 0. The summed E-state index contributed by atoms with van der Waals surface area (Å²) in [6.45, 7) is 5.25. The number of nitrogens with zero attached hydrogens (tertiary/aromatic N) is 4. The van der Waals surface area contributed by atoms with E-state index >= 15 is 0 Å². The summed E-state index contributed by atoms with van der Waals surface area (Å²) in [4.78, 5) is 2.54. The smallest absolute Gasteiger partial charge is 0.147 e. The molecular formula is C13H23N5. The molecule has 0 saturated heterocycles. The third-order valence-corrected chi connectivity index (χ3v) is 4.53. The minimum atomic E-state index is 0.783. The monoisotopic (exact) mass is 249 g/mol. The molecule has 0 atom stereocenters. The van der Waals surface area contributed by atoms with E-state index in [-0.39, 0.29) is 0 Å². The average molecular weight is 249 g/mol. The van der Waals surface area contributed by atoms with Crippen LogP contribution in [0.3, 0.4) is 0 Å². The second kappa shape index (κ2) is 5.36. The maximum Gasteiger partial charge on any atom is 0.147 e. The number of hydrogen-bond donors (Lipinski definition) is 1. The maximum atomic E-state index is 5.75. The van der Waals surface area contributed by atoms with Crippen LogP contribution in [0.1, 0.15) is 31.5 Å². The van der Waals surface area contributed by atoms with Gasteiger partial charge in [0.15, 0.2) is 0 Å². The summed E-state index contributed by atoms with van der Waals surface area (Å²) in [6.07, 6.45) is 7.20. The summed E-state index contributed by atoms with van der Waals surface area (Å²) in [5.74, 6) is 2.77. The van der Waals surface area contributed by atoms with Crippen molar-refractivity contribution in [2.45, 2.75) is 38.8 Å². The fraction of sp³-hybridized carbons (Fsp3) is 0.846. The highest BCUT2D eigenvalue weighted by Crippen LogP contribution is 2.29. The van der Waals surface area contributed by atoms with Crippen molar-refractivity contribution in [3.63, 3.8) is 0 Å². The van der Waals surface area contributed by atoms with Crippen molar-refractivity contribution in [1.82, 2.24) is 19.7 Å². The van der Waals surface area contributed by atoms with Crippen molar-refractivity contribution in [2.75, 3.05) is 19.6 Å². The van der Waals surface area contributed by atoms with Gasteiger partial charge in [-0.15, -0.1) is 10.2 Å². The molecule has 2 aliphatic rings. The van der Waals surface area contributed by atoms with E-state index in [1.54, 1.807) is 0 Å². The average Bonchev–Trinajstić information content (AvgIpc) is 2.87. The lowest BCUT2D eigenvalue weighted by Gasteiger charge is -2.34. The first-order chi connectivity index (χ1) is 8.85. The molecule has 100 valence electrons. The molecule has 0 unspecified atom stereocenters. The number of nitrogens with two attached hydrogens (primary N) is 1. The van der Waals surface area contributed by atoms with E-state index in [1.807, 2.05) is 6.33 Å². The first-order valence-electron chi connectivity index (χ1n) is 7.14. The van der Waals surface area contributed by atoms with Gasteiger partial charge < -0.3 is 10.3 Å². The van der Waals surface area contributed by atoms with Crippen LogP contribution in [0.15, 0.2) is 6.33 Å². The van der Waals surface area contributed by atoms with Crippen molar-refractivity contribution in [1.29, 1.82) is 0 Å². The molecule has 18 heavy (non-hydrogen) atoms. The molecular weight excluding hydrogens is 226 g/mol. The molecule has 1 saturated carbocycles. The van der Waals surface area contributed by atoms with E-state index in [4.69, 9.17) is 5.73 Å². The van der Waals surface area contributed by atoms with Crippen LogP contribution in [0.25, 0.3) is 0 Å². The lowest BCUT2D eigenvalue weighted by atomic mass is 9.82. The molecule has 5 nitrogen and oxygen atoms in total. The Morgan fingerprint density at radius 3 is 2.72 bits per heavy atom. The summed E-state index contributed by atoms with van der Waals surface area (Å²) in [6, 6.07) is 0.